The molecule has 3 heterocycles. The van der Waals surface area contributed by atoms with Crippen molar-refractivity contribution in [2.24, 2.45) is 0 Å². The van der Waals surface area contributed by atoms with Gasteiger partial charge in [0, 0.05) is 20.9 Å². The van der Waals surface area contributed by atoms with E-state index in [2.05, 4.69) is 71.4 Å². The number of ether oxygens (including phenoxy) is 1. The predicted octanol–water partition coefficient (Wildman–Crippen LogP) is 4.24. The lowest BCUT2D eigenvalue weighted by molar-refractivity contribution is 0.0866. The summed E-state index contributed by atoms with van der Waals surface area (Å²) in [5, 5.41) is 0. The highest BCUT2D eigenvalue weighted by molar-refractivity contribution is 9.11. The Balaban J connectivity index is 1.93. The van der Waals surface area contributed by atoms with Crippen molar-refractivity contribution >= 4 is 56.9 Å². The summed E-state index contributed by atoms with van der Waals surface area (Å²) in [6.45, 7) is 8.11. The van der Waals surface area contributed by atoms with Crippen LogP contribution in [0.15, 0.2) is 21.6 Å². The van der Waals surface area contributed by atoms with Crippen LogP contribution < -0.4 is 5.73 Å². The largest absolute Gasteiger partial charge is 0.369 e. The highest BCUT2D eigenvalue weighted by Gasteiger charge is 2.21. The van der Waals surface area contributed by atoms with Crippen LogP contribution in [0.5, 0.6) is 0 Å². The zero-order valence-corrected chi connectivity index (χ0v) is 18.5. The maximum atomic E-state index is 5.90. The molecule has 0 aliphatic rings. The number of rotatable bonds is 6. The van der Waals surface area contributed by atoms with Gasteiger partial charge in [-0.25, -0.2) is 9.97 Å². The Hall–Kier alpha value is -1.23. The summed E-state index contributed by atoms with van der Waals surface area (Å²) < 4.78 is 9.17. The molecule has 3 rings (SSSR count). The summed E-state index contributed by atoms with van der Waals surface area (Å²) in [7, 11) is -1.13. The van der Waals surface area contributed by atoms with Crippen molar-refractivity contribution in [2.75, 3.05) is 12.3 Å². The SMILES string of the molecule is C[Si](C)(C)CCOCn1c(Br)nc(Br)c1-c1nccc2[nH]c(N)nc12. The van der Waals surface area contributed by atoms with Gasteiger partial charge in [0.15, 0.2) is 10.7 Å². The Labute approximate surface area is 163 Å². The van der Waals surface area contributed by atoms with Crippen molar-refractivity contribution in [3.05, 3.63) is 21.6 Å². The van der Waals surface area contributed by atoms with Gasteiger partial charge in [0.25, 0.3) is 0 Å². The fourth-order valence-electron chi connectivity index (χ4n) is 2.40. The van der Waals surface area contributed by atoms with Gasteiger partial charge in [-0.15, -0.1) is 0 Å². The van der Waals surface area contributed by atoms with Crippen molar-refractivity contribution in [1.82, 2.24) is 24.5 Å². The second-order valence-electron chi connectivity index (χ2n) is 6.97. The number of H-pyrrole nitrogens is 1. The molecule has 0 spiro atoms. The number of hydrogen-bond acceptors (Lipinski definition) is 5. The average molecular weight is 488 g/mol. The summed E-state index contributed by atoms with van der Waals surface area (Å²) in [5.41, 5.74) is 8.84. The summed E-state index contributed by atoms with van der Waals surface area (Å²) >= 11 is 7.01. The first kappa shape index (κ1) is 18.6. The Morgan fingerprint density at radius 1 is 1.28 bits per heavy atom. The minimum Gasteiger partial charge on any atom is -0.369 e. The van der Waals surface area contributed by atoms with E-state index < -0.39 is 8.07 Å². The molecule has 134 valence electrons. The zero-order chi connectivity index (χ0) is 18.2. The third kappa shape index (κ3) is 4.13. The molecule has 0 fully saturated rings. The maximum Gasteiger partial charge on any atom is 0.198 e. The first-order valence-electron chi connectivity index (χ1n) is 7.86. The van der Waals surface area contributed by atoms with Gasteiger partial charge in [-0.3, -0.25) is 9.55 Å². The first-order chi connectivity index (χ1) is 11.8. The minimum absolute atomic E-state index is 0.358. The molecule has 3 N–H and O–H groups in total. The van der Waals surface area contributed by atoms with Gasteiger partial charge in [0.2, 0.25) is 0 Å². The standard InChI is InChI=1S/C15H20Br2N6OSi/c1-25(2,3)7-6-24-8-23-12(13(16)22-14(23)17)11-10-9(4-5-19-11)20-15(18)21-10/h4-5H,6-8H2,1-3H3,(H3,18,20,21). The molecular weight excluding hydrogens is 468 g/mol. The second kappa shape index (κ2) is 7.18. The number of fused-ring (bicyclic) bond motifs is 1. The van der Waals surface area contributed by atoms with Crippen LogP contribution >= 0.6 is 31.9 Å². The lowest BCUT2D eigenvalue weighted by Gasteiger charge is -2.16. The topological polar surface area (TPSA) is 94.6 Å². The van der Waals surface area contributed by atoms with Crippen molar-refractivity contribution in [3.63, 3.8) is 0 Å². The number of imidazole rings is 2. The van der Waals surface area contributed by atoms with E-state index in [4.69, 9.17) is 10.5 Å². The van der Waals surface area contributed by atoms with Crippen LogP contribution in [0.25, 0.3) is 22.4 Å². The molecule has 0 saturated carbocycles. The zero-order valence-electron chi connectivity index (χ0n) is 14.3. The van der Waals surface area contributed by atoms with Gasteiger partial charge in [0.1, 0.15) is 28.2 Å². The second-order valence-corrected chi connectivity index (χ2v) is 14.1. The smallest absolute Gasteiger partial charge is 0.198 e. The molecule has 0 aromatic carbocycles. The van der Waals surface area contributed by atoms with Gasteiger partial charge < -0.3 is 15.5 Å². The number of nitrogens with zero attached hydrogens (tertiary/aromatic N) is 4. The van der Waals surface area contributed by atoms with Gasteiger partial charge in [-0.2, -0.15) is 0 Å². The molecule has 0 atom stereocenters. The number of anilines is 1. The number of halogens is 2. The normalized spacial score (nSPS) is 12.2. The molecule has 0 radical (unpaired) electrons. The molecule has 0 bridgehead atoms. The van der Waals surface area contributed by atoms with E-state index in [1.807, 2.05) is 10.6 Å². The predicted molar refractivity (Wildman–Crippen MR) is 109 cm³/mol. The van der Waals surface area contributed by atoms with Crippen LogP contribution in [0.1, 0.15) is 0 Å². The molecular formula is C15H20Br2N6OSi. The molecule has 0 aliphatic carbocycles. The third-order valence-corrected chi connectivity index (χ3v) is 6.60. The van der Waals surface area contributed by atoms with Crippen molar-refractivity contribution < 1.29 is 4.74 Å². The van der Waals surface area contributed by atoms with Gasteiger partial charge >= 0.3 is 0 Å². The van der Waals surface area contributed by atoms with E-state index in [0.717, 1.165) is 23.9 Å². The number of aromatic amines is 1. The summed E-state index contributed by atoms with van der Waals surface area (Å²) in [4.78, 5) is 16.3. The van der Waals surface area contributed by atoms with Crippen molar-refractivity contribution in [3.8, 4) is 11.4 Å². The highest BCUT2D eigenvalue weighted by atomic mass is 79.9. The van der Waals surface area contributed by atoms with E-state index >= 15 is 0 Å². The van der Waals surface area contributed by atoms with Crippen LogP contribution in [0.2, 0.25) is 25.7 Å². The summed E-state index contributed by atoms with van der Waals surface area (Å²) in [6, 6.07) is 2.95. The minimum atomic E-state index is -1.13. The molecule has 3 aromatic heterocycles. The first-order valence-corrected chi connectivity index (χ1v) is 13.2. The van der Waals surface area contributed by atoms with Crippen LogP contribution in [0.3, 0.4) is 0 Å². The van der Waals surface area contributed by atoms with Crippen LogP contribution in [-0.2, 0) is 11.5 Å². The van der Waals surface area contributed by atoms with Gasteiger partial charge in [-0.1, -0.05) is 19.6 Å². The number of nitrogens with two attached hydrogens (primary N) is 1. The molecule has 25 heavy (non-hydrogen) atoms. The number of pyridine rings is 1. The fraction of sp³-hybridized carbons (Fsp3) is 0.400. The monoisotopic (exact) mass is 486 g/mol. The molecule has 3 aromatic rings. The van der Waals surface area contributed by atoms with E-state index in [0.29, 0.717) is 33.2 Å². The molecule has 10 heteroatoms. The number of aromatic nitrogens is 5. The van der Waals surface area contributed by atoms with Crippen LogP contribution in [0, 0.1) is 0 Å². The third-order valence-electron chi connectivity index (χ3n) is 3.74. The van der Waals surface area contributed by atoms with Crippen molar-refractivity contribution in [2.45, 2.75) is 32.4 Å². The number of hydrogen-bond donors (Lipinski definition) is 2. The Bertz CT molecular complexity index is 901. The Morgan fingerprint density at radius 2 is 2.04 bits per heavy atom. The van der Waals surface area contributed by atoms with Gasteiger partial charge in [0.05, 0.1) is 5.52 Å². The number of nitrogen functional groups attached to an aromatic ring is 1. The van der Waals surface area contributed by atoms with Crippen molar-refractivity contribution in [1.29, 1.82) is 0 Å². The van der Waals surface area contributed by atoms with Crippen LogP contribution in [0.4, 0.5) is 5.95 Å². The quantitative estimate of drug-likeness (QED) is 0.400. The number of nitrogens with one attached hydrogen (secondary N) is 1. The molecule has 7 nitrogen and oxygen atoms in total. The lowest BCUT2D eigenvalue weighted by Crippen LogP contribution is -2.22. The van der Waals surface area contributed by atoms with E-state index in [9.17, 15) is 0 Å². The van der Waals surface area contributed by atoms with Crippen LogP contribution in [-0.4, -0.2) is 39.2 Å². The van der Waals surface area contributed by atoms with E-state index in [-0.39, 0.29) is 0 Å². The Morgan fingerprint density at radius 3 is 2.76 bits per heavy atom. The van der Waals surface area contributed by atoms with E-state index in [1.165, 1.54) is 0 Å². The Kier molecular flexibility index (Phi) is 5.33. The molecule has 0 amide bonds. The highest BCUT2D eigenvalue weighted by Crippen LogP contribution is 2.34. The summed E-state index contributed by atoms with van der Waals surface area (Å²) in [6.07, 6.45) is 1.72. The fourth-order valence-corrected chi connectivity index (χ4v) is 4.42. The average Bonchev–Trinajstić information content (AvgIpc) is 3.01. The lowest BCUT2D eigenvalue weighted by atomic mass is 10.2. The maximum absolute atomic E-state index is 5.90. The van der Waals surface area contributed by atoms with Gasteiger partial charge in [-0.05, 0) is 44.0 Å². The van der Waals surface area contributed by atoms with E-state index in [1.54, 1.807) is 6.20 Å². The summed E-state index contributed by atoms with van der Waals surface area (Å²) in [5.74, 6) is 0.358. The molecule has 0 aliphatic heterocycles. The molecule has 0 saturated heterocycles. The molecule has 0 unspecified atom stereocenters.